The topological polar surface area (TPSA) is 32.3 Å². The monoisotopic (exact) mass is 672 g/mol. The Balaban J connectivity index is 0.000000241. The van der Waals surface area contributed by atoms with Crippen LogP contribution in [-0.2, 0) is 0 Å². The van der Waals surface area contributed by atoms with E-state index in [2.05, 4.69) is 84.8 Å². The summed E-state index contributed by atoms with van der Waals surface area (Å²) in [6, 6.07) is 16.9. The predicted molar refractivity (Wildman–Crippen MR) is 201 cm³/mol. The van der Waals surface area contributed by atoms with Crippen molar-refractivity contribution in [2.45, 2.75) is 126 Å². The Labute approximate surface area is 285 Å². The minimum Gasteiger partial charge on any atom is -0.244 e. The number of rotatable bonds is 22. The summed E-state index contributed by atoms with van der Waals surface area (Å²) < 4.78 is 10.0. The lowest BCUT2D eigenvalue weighted by atomic mass is 10.2. The van der Waals surface area contributed by atoms with E-state index in [1.807, 2.05) is 46.6 Å². The number of fused-ring (bicyclic) bond motifs is 2. The molecule has 4 nitrogen and oxygen atoms in total. The van der Waals surface area contributed by atoms with E-state index in [0.29, 0.717) is 0 Å². The van der Waals surface area contributed by atoms with Gasteiger partial charge in [-0.1, -0.05) is 116 Å². The van der Waals surface area contributed by atoms with Gasteiger partial charge in [0.1, 0.15) is 0 Å². The van der Waals surface area contributed by atoms with Crippen molar-refractivity contribution in [3.05, 3.63) is 48.5 Å². The van der Waals surface area contributed by atoms with E-state index >= 15 is 0 Å². The summed E-state index contributed by atoms with van der Waals surface area (Å²) in [7, 11) is 0. The van der Waals surface area contributed by atoms with Gasteiger partial charge in [0.15, 0.2) is 8.68 Å². The van der Waals surface area contributed by atoms with Gasteiger partial charge in [-0.25, -0.2) is 18.6 Å². The van der Waals surface area contributed by atoms with Gasteiger partial charge in [-0.15, -0.1) is 22.7 Å². The molecule has 0 atom stereocenters. The molecule has 0 spiro atoms. The fourth-order valence-corrected chi connectivity index (χ4v) is 9.38. The Hall–Kier alpha value is -1.16. The van der Waals surface area contributed by atoms with Crippen LogP contribution in [0, 0.1) is 0 Å². The van der Waals surface area contributed by atoms with Crippen LogP contribution in [0.15, 0.2) is 57.2 Å². The maximum absolute atomic E-state index is 4.78. The van der Waals surface area contributed by atoms with E-state index in [-0.39, 0.29) is 0 Å². The van der Waals surface area contributed by atoms with Crippen molar-refractivity contribution in [3.63, 3.8) is 0 Å². The molecule has 244 valence electrons. The van der Waals surface area contributed by atoms with Crippen molar-refractivity contribution < 1.29 is 0 Å². The molecule has 0 amide bonds. The van der Waals surface area contributed by atoms with Gasteiger partial charge in [-0.05, 0) is 73.8 Å². The zero-order chi connectivity index (χ0) is 31.2. The normalized spacial score (nSPS) is 11.6. The van der Waals surface area contributed by atoms with Gasteiger partial charge in [0, 0.05) is 26.2 Å². The van der Waals surface area contributed by atoms with Crippen LogP contribution in [0.3, 0.4) is 0 Å². The highest BCUT2D eigenvalue weighted by molar-refractivity contribution is 7.99. The molecular weight excluding hydrogens is 617 g/mol. The van der Waals surface area contributed by atoms with E-state index in [4.69, 9.17) is 9.97 Å². The molecule has 4 rings (SSSR count). The van der Waals surface area contributed by atoms with E-state index in [1.54, 1.807) is 0 Å². The summed E-state index contributed by atoms with van der Waals surface area (Å²) in [6.07, 6.45) is 18.4. The largest absolute Gasteiger partial charge is 0.244 e. The first kappa shape index (κ1) is 37.3. The number of nitrogens with zero attached hydrogens (tertiary/aromatic N) is 4. The van der Waals surface area contributed by atoms with Crippen molar-refractivity contribution in [1.82, 2.24) is 18.6 Å². The number of hydrogen-bond acceptors (Lipinski definition) is 8. The summed E-state index contributed by atoms with van der Waals surface area (Å²) in [5.41, 5.74) is 2.27. The minimum absolute atomic E-state index is 1.13. The van der Waals surface area contributed by atoms with E-state index in [0.717, 1.165) is 11.0 Å². The predicted octanol–water partition coefficient (Wildman–Crippen LogP) is 12.8. The van der Waals surface area contributed by atoms with Crippen LogP contribution >= 0.6 is 46.6 Å². The van der Waals surface area contributed by atoms with Gasteiger partial charge in [0.2, 0.25) is 0 Å². The van der Waals surface area contributed by atoms with E-state index in [9.17, 15) is 0 Å². The van der Waals surface area contributed by atoms with Crippen LogP contribution in [0.1, 0.15) is 118 Å². The van der Waals surface area contributed by atoms with Crippen LogP contribution in [0.5, 0.6) is 0 Å². The summed E-state index contributed by atoms with van der Waals surface area (Å²) in [6.45, 7) is 13.8. The average Bonchev–Trinajstić information content (AvgIpc) is 3.64. The highest BCUT2D eigenvalue weighted by atomic mass is 32.2. The first-order valence-electron chi connectivity index (χ1n) is 17.2. The summed E-state index contributed by atoms with van der Waals surface area (Å²) in [5, 5.41) is 0. The molecule has 8 heteroatoms. The summed E-state index contributed by atoms with van der Waals surface area (Å²) in [4.78, 5) is 9.53. The molecule has 2 aromatic carbocycles. The SMILES string of the molecule is CCCCCCN(CCCCCC)Sc1nc2ccccc2s1.CCCCCN(CCCCC)Sc1nc2ccccc2s1. The third-order valence-electron chi connectivity index (χ3n) is 7.51. The van der Waals surface area contributed by atoms with Crippen LogP contribution in [0.25, 0.3) is 20.4 Å². The number of hydrogen-bond donors (Lipinski definition) is 0. The quantitative estimate of drug-likeness (QED) is 0.0610. The third kappa shape index (κ3) is 14.5. The third-order valence-corrected chi connectivity index (χ3v) is 11.9. The number of aromatic nitrogens is 2. The number of unbranched alkanes of at least 4 members (excludes halogenated alkanes) is 10. The molecule has 44 heavy (non-hydrogen) atoms. The van der Waals surface area contributed by atoms with Crippen molar-refractivity contribution >= 4 is 67.0 Å². The Kier molecular flexibility index (Phi) is 19.7. The molecular formula is C36H56N4S4. The molecule has 0 aliphatic heterocycles. The molecule has 0 unspecified atom stereocenters. The summed E-state index contributed by atoms with van der Waals surface area (Å²) >= 11 is 7.36. The van der Waals surface area contributed by atoms with Gasteiger partial charge in [0.05, 0.1) is 20.4 Å². The second-order valence-electron chi connectivity index (χ2n) is 11.5. The molecule has 2 heterocycles. The zero-order valence-corrected chi connectivity index (χ0v) is 31.0. The molecule has 2 aromatic heterocycles. The fourth-order valence-electron chi connectivity index (χ4n) is 4.91. The lowest BCUT2D eigenvalue weighted by molar-refractivity contribution is 0.428. The highest BCUT2D eigenvalue weighted by Gasteiger charge is 2.12. The van der Waals surface area contributed by atoms with E-state index in [1.165, 1.54) is 134 Å². The summed E-state index contributed by atoms with van der Waals surface area (Å²) in [5.74, 6) is 0. The molecule has 0 bridgehead atoms. The van der Waals surface area contributed by atoms with Crippen molar-refractivity contribution in [2.24, 2.45) is 0 Å². The minimum atomic E-state index is 1.13. The van der Waals surface area contributed by atoms with Crippen LogP contribution < -0.4 is 0 Å². The Morgan fingerprint density at radius 2 is 0.818 bits per heavy atom. The van der Waals surface area contributed by atoms with Crippen molar-refractivity contribution in [2.75, 3.05) is 26.2 Å². The van der Waals surface area contributed by atoms with Gasteiger partial charge >= 0.3 is 0 Å². The van der Waals surface area contributed by atoms with Gasteiger partial charge < -0.3 is 0 Å². The molecule has 0 saturated carbocycles. The van der Waals surface area contributed by atoms with E-state index < -0.39 is 0 Å². The molecule has 0 saturated heterocycles. The van der Waals surface area contributed by atoms with Gasteiger partial charge in [-0.3, -0.25) is 0 Å². The zero-order valence-electron chi connectivity index (χ0n) is 27.8. The van der Waals surface area contributed by atoms with Crippen molar-refractivity contribution in [1.29, 1.82) is 0 Å². The standard InChI is InChI=1S/C19H30N2S2.C17H26N2S2/c1-3-5-7-11-15-21(16-12-8-6-4-2)23-19-20-17-13-9-10-14-18(17)22-19;1-3-5-9-13-19(14-10-6-4-2)21-17-18-15-11-7-8-12-16(15)20-17/h9-10,13-14H,3-8,11-12,15-16H2,1-2H3;7-8,11-12H,3-6,9-10,13-14H2,1-2H3. The first-order valence-corrected chi connectivity index (χ1v) is 20.4. The average molecular weight is 673 g/mol. The molecule has 0 N–H and O–H groups in total. The molecule has 0 aliphatic carbocycles. The second kappa shape index (κ2) is 23.2. The second-order valence-corrected chi connectivity index (χ2v) is 16.2. The van der Waals surface area contributed by atoms with Crippen LogP contribution in [-0.4, -0.2) is 44.8 Å². The van der Waals surface area contributed by atoms with Crippen LogP contribution in [0.4, 0.5) is 0 Å². The van der Waals surface area contributed by atoms with Gasteiger partial charge in [0.25, 0.3) is 0 Å². The highest BCUT2D eigenvalue weighted by Crippen LogP contribution is 2.33. The Morgan fingerprint density at radius 1 is 0.477 bits per heavy atom. The van der Waals surface area contributed by atoms with Gasteiger partial charge in [-0.2, -0.15) is 0 Å². The number of benzene rings is 2. The Morgan fingerprint density at radius 3 is 1.18 bits per heavy atom. The Bertz CT molecular complexity index is 1190. The lowest BCUT2D eigenvalue weighted by Gasteiger charge is -2.19. The fraction of sp³-hybridized carbons (Fsp3) is 0.611. The first-order chi connectivity index (χ1) is 21.7. The van der Waals surface area contributed by atoms with Crippen LogP contribution in [0.2, 0.25) is 0 Å². The maximum Gasteiger partial charge on any atom is 0.166 e. The molecule has 0 fully saturated rings. The molecule has 0 radical (unpaired) electrons. The molecule has 4 aromatic rings. The molecule has 0 aliphatic rings. The number of thiazole rings is 2. The number of para-hydroxylation sites is 2. The smallest absolute Gasteiger partial charge is 0.166 e. The maximum atomic E-state index is 4.78. The lowest BCUT2D eigenvalue weighted by Crippen LogP contribution is -2.18. The van der Waals surface area contributed by atoms with Crippen molar-refractivity contribution in [3.8, 4) is 0 Å².